The van der Waals surface area contributed by atoms with Crippen molar-refractivity contribution in [3.8, 4) is 6.07 Å². The number of amides is 1. The second-order valence-corrected chi connectivity index (χ2v) is 4.86. The molecule has 0 saturated heterocycles. The molecule has 1 saturated carbocycles. The summed E-state index contributed by atoms with van der Waals surface area (Å²) in [7, 11) is 0. The van der Waals surface area contributed by atoms with Crippen LogP contribution in [0, 0.1) is 11.3 Å². The topological polar surface area (TPSA) is 52.9 Å². The highest BCUT2D eigenvalue weighted by Crippen LogP contribution is 2.17. The Labute approximate surface area is 108 Å². The highest BCUT2D eigenvalue weighted by molar-refractivity contribution is 5.76. The Balaban J connectivity index is 1.76. The molecular formula is C15H18N2O. The quantitative estimate of drug-likeness (QED) is 0.882. The van der Waals surface area contributed by atoms with Gasteiger partial charge in [0.05, 0.1) is 11.6 Å². The third-order valence-electron chi connectivity index (χ3n) is 3.44. The van der Waals surface area contributed by atoms with Crippen LogP contribution in [0.4, 0.5) is 0 Å². The van der Waals surface area contributed by atoms with Gasteiger partial charge in [0.25, 0.3) is 0 Å². The Bertz CT molecular complexity index is 439. The van der Waals surface area contributed by atoms with Crippen molar-refractivity contribution in [3.63, 3.8) is 0 Å². The zero-order valence-corrected chi connectivity index (χ0v) is 10.5. The second-order valence-electron chi connectivity index (χ2n) is 4.86. The fourth-order valence-electron chi connectivity index (χ4n) is 2.37. The summed E-state index contributed by atoms with van der Waals surface area (Å²) in [5.74, 6) is 0.145. The van der Waals surface area contributed by atoms with E-state index < -0.39 is 0 Å². The molecule has 1 amide bonds. The number of carbonyl (C=O) groups excluding carboxylic acids is 1. The normalized spacial score (nSPS) is 15.3. The Kier molecular flexibility index (Phi) is 4.35. The first-order valence-corrected chi connectivity index (χ1v) is 6.56. The van der Waals surface area contributed by atoms with Gasteiger partial charge in [0.15, 0.2) is 0 Å². The van der Waals surface area contributed by atoms with E-state index in [4.69, 9.17) is 5.26 Å². The maximum atomic E-state index is 11.7. The molecule has 3 heteroatoms. The van der Waals surface area contributed by atoms with Gasteiger partial charge >= 0.3 is 0 Å². The number of hydrogen-bond donors (Lipinski definition) is 1. The molecule has 1 aromatic carbocycles. The molecule has 18 heavy (non-hydrogen) atoms. The number of benzene rings is 1. The van der Waals surface area contributed by atoms with Crippen molar-refractivity contribution in [3.05, 3.63) is 35.4 Å². The number of aryl methyl sites for hydroxylation is 1. The number of rotatable bonds is 4. The molecule has 1 aliphatic rings. The van der Waals surface area contributed by atoms with E-state index >= 15 is 0 Å². The van der Waals surface area contributed by atoms with Crippen LogP contribution in [0.3, 0.4) is 0 Å². The molecular weight excluding hydrogens is 224 g/mol. The smallest absolute Gasteiger partial charge is 0.220 e. The fraction of sp³-hybridized carbons (Fsp3) is 0.467. The van der Waals surface area contributed by atoms with Crippen molar-refractivity contribution in [2.24, 2.45) is 0 Å². The highest BCUT2D eigenvalue weighted by atomic mass is 16.1. The van der Waals surface area contributed by atoms with Gasteiger partial charge in [0.2, 0.25) is 5.91 Å². The lowest BCUT2D eigenvalue weighted by Crippen LogP contribution is -2.32. The number of nitrogens with one attached hydrogen (secondary N) is 1. The van der Waals surface area contributed by atoms with Crippen LogP contribution >= 0.6 is 0 Å². The maximum absolute atomic E-state index is 11.7. The summed E-state index contributed by atoms with van der Waals surface area (Å²) in [4.78, 5) is 11.7. The Morgan fingerprint density at radius 2 is 1.94 bits per heavy atom. The van der Waals surface area contributed by atoms with Gasteiger partial charge in [0.1, 0.15) is 0 Å². The van der Waals surface area contributed by atoms with Crippen LogP contribution in [0.1, 0.15) is 43.2 Å². The van der Waals surface area contributed by atoms with Gasteiger partial charge in [-0.25, -0.2) is 0 Å². The van der Waals surface area contributed by atoms with Crippen molar-refractivity contribution in [1.82, 2.24) is 5.32 Å². The average Bonchev–Trinajstić information content (AvgIpc) is 2.90. The lowest BCUT2D eigenvalue weighted by atomic mass is 10.1. The van der Waals surface area contributed by atoms with Crippen molar-refractivity contribution < 1.29 is 4.79 Å². The molecule has 0 unspecified atom stereocenters. The molecule has 1 aromatic rings. The van der Waals surface area contributed by atoms with Crippen LogP contribution in [-0.2, 0) is 11.2 Å². The van der Waals surface area contributed by atoms with E-state index in [1.165, 1.54) is 12.8 Å². The molecule has 1 aliphatic carbocycles. The summed E-state index contributed by atoms with van der Waals surface area (Å²) in [6.45, 7) is 0. The summed E-state index contributed by atoms with van der Waals surface area (Å²) in [6, 6.07) is 9.92. The third kappa shape index (κ3) is 3.59. The minimum absolute atomic E-state index is 0.145. The van der Waals surface area contributed by atoms with Crippen LogP contribution in [0.5, 0.6) is 0 Å². The van der Waals surface area contributed by atoms with Crippen LogP contribution in [0.15, 0.2) is 24.3 Å². The van der Waals surface area contributed by atoms with Crippen molar-refractivity contribution >= 4 is 5.91 Å². The van der Waals surface area contributed by atoms with E-state index in [1.54, 1.807) is 12.1 Å². The number of nitriles is 1. The molecule has 1 N–H and O–H groups in total. The lowest BCUT2D eigenvalue weighted by molar-refractivity contribution is -0.121. The third-order valence-corrected chi connectivity index (χ3v) is 3.44. The van der Waals surface area contributed by atoms with Gasteiger partial charge in [-0.1, -0.05) is 25.0 Å². The van der Waals surface area contributed by atoms with E-state index in [0.29, 0.717) is 18.0 Å². The molecule has 0 atom stereocenters. The predicted molar refractivity (Wildman–Crippen MR) is 69.9 cm³/mol. The molecule has 3 nitrogen and oxygen atoms in total. The van der Waals surface area contributed by atoms with Gasteiger partial charge in [-0.3, -0.25) is 4.79 Å². The SMILES string of the molecule is N#Cc1ccc(CCC(=O)NC2CCCC2)cc1. The summed E-state index contributed by atoms with van der Waals surface area (Å²) in [5.41, 5.74) is 1.77. The van der Waals surface area contributed by atoms with Crippen LogP contribution < -0.4 is 5.32 Å². The molecule has 0 radical (unpaired) electrons. The minimum atomic E-state index is 0.145. The first-order chi connectivity index (χ1) is 8.78. The monoisotopic (exact) mass is 242 g/mol. The zero-order chi connectivity index (χ0) is 12.8. The number of hydrogen-bond acceptors (Lipinski definition) is 2. The van der Waals surface area contributed by atoms with E-state index in [2.05, 4.69) is 11.4 Å². The number of carbonyl (C=O) groups is 1. The van der Waals surface area contributed by atoms with Crippen LogP contribution in [0.2, 0.25) is 0 Å². The van der Waals surface area contributed by atoms with E-state index in [0.717, 1.165) is 24.8 Å². The first kappa shape index (κ1) is 12.6. The lowest BCUT2D eigenvalue weighted by Gasteiger charge is -2.11. The van der Waals surface area contributed by atoms with Gasteiger partial charge in [-0.05, 0) is 37.0 Å². The zero-order valence-electron chi connectivity index (χ0n) is 10.5. The van der Waals surface area contributed by atoms with Gasteiger partial charge in [-0.15, -0.1) is 0 Å². The molecule has 0 aromatic heterocycles. The average molecular weight is 242 g/mol. The molecule has 2 rings (SSSR count). The van der Waals surface area contributed by atoms with Crippen LogP contribution in [0.25, 0.3) is 0 Å². The van der Waals surface area contributed by atoms with Crippen LogP contribution in [-0.4, -0.2) is 11.9 Å². The minimum Gasteiger partial charge on any atom is -0.353 e. The second kappa shape index (κ2) is 6.20. The fourth-order valence-corrected chi connectivity index (χ4v) is 2.37. The molecule has 0 heterocycles. The highest BCUT2D eigenvalue weighted by Gasteiger charge is 2.16. The number of nitrogens with zero attached hydrogens (tertiary/aromatic N) is 1. The van der Waals surface area contributed by atoms with Crippen molar-refractivity contribution in [2.75, 3.05) is 0 Å². The Morgan fingerprint density at radius 3 is 2.56 bits per heavy atom. The Morgan fingerprint density at radius 1 is 1.28 bits per heavy atom. The maximum Gasteiger partial charge on any atom is 0.220 e. The van der Waals surface area contributed by atoms with Gasteiger partial charge in [0, 0.05) is 12.5 Å². The van der Waals surface area contributed by atoms with Gasteiger partial charge < -0.3 is 5.32 Å². The predicted octanol–water partition coefficient (Wildman–Crippen LogP) is 2.55. The van der Waals surface area contributed by atoms with E-state index in [9.17, 15) is 4.79 Å². The summed E-state index contributed by atoms with van der Waals surface area (Å²) < 4.78 is 0. The molecule has 0 aliphatic heterocycles. The summed E-state index contributed by atoms with van der Waals surface area (Å²) in [5, 5.41) is 11.8. The summed E-state index contributed by atoms with van der Waals surface area (Å²) in [6.07, 6.45) is 6.00. The molecule has 0 bridgehead atoms. The van der Waals surface area contributed by atoms with Crippen molar-refractivity contribution in [2.45, 2.75) is 44.6 Å². The van der Waals surface area contributed by atoms with Gasteiger partial charge in [-0.2, -0.15) is 5.26 Å². The van der Waals surface area contributed by atoms with E-state index in [-0.39, 0.29) is 5.91 Å². The standard InChI is InChI=1S/C15H18N2O/c16-11-13-7-5-12(6-8-13)9-10-15(18)17-14-3-1-2-4-14/h5-8,14H,1-4,9-10H2,(H,17,18). The summed E-state index contributed by atoms with van der Waals surface area (Å²) >= 11 is 0. The molecule has 94 valence electrons. The van der Waals surface area contributed by atoms with Crippen molar-refractivity contribution in [1.29, 1.82) is 5.26 Å². The first-order valence-electron chi connectivity index (χ1n) is 6.56. The molecule has 0 spiro atoms. The van der Waals surface area contributed by atoms with E-state index in [1.807, 2.05) is 12.1 Å². The Hall–Kier alpha value is -1.82. The largest absolute Gasteiger partial charge is 0.353 e. The molecule has 1 fully saturated rings.